The van der Waals surface area contributed by atoms with E-state index in [-0.39, 0.29) is 23.5 Å². The first-order valence-electron chi connectivity index (χ1n) is 6.72. The van der Waals surface area contributed by atoms with E-state index in [9.17, 15) is 19.7 Å². The Balaban J connectivity index is 2.73. The zero-order chi connectivity index (χ0) is 16.9. The van der Waals surface area contributed by atoms with Gasteiger partial charge in [-0.2, -0.15) is 5.10 Å². The lowest BCUT2D eigenvalue weighted by molar-refractivity contribution is -0.384. The van der Waals surface area contributed by atoms with Crippen LogP contribution in [0.2, 0.25) is 0 Å². The van der Waals surface area contributed by atoms with Crippen LogP contribution >= 0.6 is 0 Å². The van der Waals surface area contributed by atoms with Gasteiger partial charge in [0.25, 0.3) is 11.6 Å². The average Bonchev–Trinajstić information content (AvgIpc) is 2.43. The standard InChI is InChI=1S/C15H19N3O4/c1-10(8-13(19)15(2,3)4)16-17-14(20)11-6-5-7-12(9-11)18(21)22/h5-7,9H,8H2,1-4H3,(H,17,20)/b16-10+. The molecule has 0 aliphatic heterocycles. The summed E-state index contributed by atoms with van der Waals surface area (Å²) < 4.78 is 0. The summed E-state index contributed by atoms with van der Waals surface area (Å²) in [4.78, 5) is 33.8. The number of carbonyl (C=O) groups excluding carboxylic acids is 2. The zero-order valence-corrected chi connectivity index (χ0v) is 13.0. The number of nitro benzene ring substituents is 1. The number of hydrogen-bond donors (Lipinski definition) is 1. The van der Waals surface area contributed by atoms with Crippen molar-refractivity contribution in [3.8, 4) is 0 Å². The van der Waals surface area contributed by atoms with E-state index in [0.717, 1.165) is 0 Å². The fraction of sp³-hybridized carbons (Fsp3) is 0.400. The van der Waals surface area contributed by atoms with Crippen LogP contribution in [0.25, 0.3) is 0 Å². The second-order valence-corrected chi connectivity index (χ2v) is 5.95. The summed E-state index contributed by atoms with van der Waals surface area (Å²) in [5.74, 6) is -0.551. The Hall–Kier alpha value is -2.57. The predicted molar refractivity (Wildman–Crippen MR) is 82.8 cm³/mol. The van der Waals surface area contributed by atoms with Gasteiger partial charge in [-0.25, -0.2) is 5.43 Å². The molecule has 0 aliphatic carbocycles. The Bertz CT molecular complexity index is 630. The van der Waals surface area contributed by atoms with Gasteiger partial charge < -0.3 is 0 Å². The molecule has 0 spiro atoms. The molecule has 118 valence electrons. The summed E-state index contributed by atoms with van der Waals surface area (Å²) in [5, 5.41) is 14.5. The molecule has 0 atom stereocenters. The van der Waals surface area contributed by atoms with Crippen LogP contribution in [-0.2, 0) is 4.79 Å². The van der Waals surface area contributed by atoms with E-state index in [1.807, 2.05) is 20.8 Å². The number of nitrogens with zero attached hydrogens (tertiary/aromatic N) is 2. The average molecular weight is 305 g/mol. The Morgan fingerprint density at radius 2 is 1.95 bits per heavy atom. The van der Waals surface area contributed by atoms with E-state index in [2.05, 4.69) is 10.5 Å². The lowest BCUT2D eigenvalue weighted by atomic mass is 9.88. The predicted octanol–water partition coefficient (Wildman–Crippen LogP) is 2.71. The normalized spacial score (nSPS) is 11.9. The summed E-state index contributed by atoms with van der Waals surface area (Å²) in [6.45, 7) is 7.07. The fourth-order valence-electron chi connectivity index (χ4n) is 1.51. The monoisotopic (exact) mass is 305 g/mol. The molecule has 7 heteroatoms. The van der Waals surface area contributed by atoms with Gasteiger partial charge in [0.15, 0.2) is 0 Å². The van der Waals surface area contributed by atoms with E-state index >= 15 is 0 Å². The highest BCUT2D eigenvalue weighted by Crippen LogP contribution is 2.17. The number of carbonyl (C=O) groups is 2. The van der Waals surface area contributed by atoms with E-state index in [0.29, 0.717) is 5.71 Å². The number of hydrazone groups is 1. The summed E-state index contributed by atoms with van der Waals surface area (Å²) in [6.07, 6.45) is 0.138. The molecule has 1 rings (SSSR count). The van der Waals surface area contributed by atoms with Crippen molar-refractivity contribution in [2.24, 2.45) is 10.5 Å². The molecular formula is C15H19N3O4. The van der Waals surface area contributed by atoms with Gasteiger partial charge >= 0.3 is 0 Å². The molecule has 0 saturated heterocycles. The van der Waals surface area contributed by atoms with Crippen molar-refractivity contribution in [3.05, 3.63) is 39.9 Å². The number of rotatable bonds is 5. The van der Waals surface area contributed by atoms with Gasteiger partial charge in [0.1, 0.15) is 5.78 Å². The Morgan fingerprint density at radius 3 is 2.50 bits per heavy atom. The van der Waals surface area contributed by atoms with Crippen LogP contribution in [0.1, 0.15) is 44.5 Å². The van der Waals surface area contributed by atoms with Crippen LogP contribution in [-0.4, -0.2) is 22.3 Å². The van der Waals surface area contributed by atoms with Crippen LogP contribution in [0.5, 0.6) is 0 Å². The molecule has 1 aromatic rings. The summed E-state index contributed by atoms with van der Waals surface area (Å²) >= 11 is 0. The fourth-order valence-corrected chi connectivity index (χ4v) is 1.51. The Kier molecular flexibility index (Phi) is 5.50. The lowest BCUT2D eigenvalue weighted by Crippen LogP contribution is -2.24. The molecule has 0 aromatic heterocycles. The maximum atomic E-state index is 11.9. The first-order valence-corrected chi connectivity index (χ1v) is 6.72. The highest BCUT2D eigenvalue weighted by atomic mass is 16.6. The Morgan fingerprint density at radius 1 is 1.32 bits per heavy atom. The van der Waals surface area contributed by atoms with Crippen molar-refractivity contribution >= 4 is 23.1 Å². The van der Waals surface area contributed by atoms with Crippen LogP contribution in [0.15, 0.2) is 29.4 Å². The van der Waals surface area contributed by atoms with Crippen molar-refractivity contribution in [3.63, 3.8) is 0 Å². The third-order valence-corrected chi connectivity index (χ3v) is 2.92. The van der Waals surface area contributed by atoms with Gasteiger partial charge in [-0.3, -0.25) is 19.7 Å². The smallest absolute Gasteiger partial charge is 0.271 e. The third-order valence-electron chi connectivity index (χ3n) is 2.92. The highest BCUT2D eigenvalue weighted by Gasteiger charge is 2.21. The highest BCUT2D eigenvalue weighted by molar-refractivity contribution is 6.03. The number of nitro groups is 1. The molecule has 0 radical (unpaired) electrons. The van der Waals surface area contributed by atoms with Crippen LogP contribution in [0.3, 0.4) is 0 Å². The number of amides is 1. The van der Waals surface area contributed by atoms with Crippen molar-refractivity contribution < 1.29 is 14.5 Å². The van der Waals surface area contributed by atoms with Gasteiger partial charge in [-0.1, -0.05) is 26.8 Å². The molecule has 1 amide bonds. The summed E-state index contributed by atoms with van der Waals surface area (Å²) in [7, 11) is 0. The molecule has 1 N–H and O–H groups in total. The number of nitrogens with one attached hydrogen (secondary N) is 1. The number of ketones is 1. The minimum Gasteiger partial charge on any atom is -0.299 e. The minimum atomic E-state index is -0.576. The number of Topliss-reactive ketones (excluding diaryl/α,β-unsaturated/α-hetero) is 1. The van der Waals surface area contributed by atoms with Gasteiger partial charge in [0.2, 0.25) is 0 Å². The van der Waals surface area contributed by atoms with Gasteiger partial charge in [-0.05, 0) is 13.0 Å². The van der Waals surface area contributed by atoms with Crippen LogP contribution < -0.4 is 5.43 Å². The number of non-ortho nitro benzene ring substituents is 1. The van der Waals surface area contributed by atoms with Gasteiger partial charge in [-0.15, -0.1) is 0 Å². The van der Waals surface area contributed by atoms with Crippen LogP contribution in [0.4, 0.5) is 5.69 Å². The molecule has 22 heavy (non-hydrogen) atoms. The second kappa shape index (κ2) is 6.93. The van der Waals surface area contributed by atoms with Crippen molar-refractivity contribution in [2.75, 3.05) is 0 Å². The van der Waals surface area contributed by atoms with Crippen molar-refractivity contribution in [1.29, 1.82) is 0 Å². The maximum Gasteiger partial charge on any atom is 0.271 e. The molecule has 0 bridgehead atoms. The van der Waals surface area contributed by atoms with Crippen molar-refractivity contribution in [2.45, 2.75) is 34.1 Å². The topological polar surface area (TPSA) is 102 Å². The first kappa shape index (κ1) is 17.5. The molecule has 0 aliphatic rings. The van der Waals surface area contributed by atoms with E-state index in [1.54, 1.807) is 6.92 Å². The summed E-state index contributed by atoms with van der Waals surface area (Å²) in [6, 6.07) is 5.34. The van der Waals surface area contributed by atoms with E-state index < -0.39 is 16.2 Å². The van der Waals surface area contributed by atoms with E-state index in [4.69, 9.17) is 0 Å². The van der Waals surface area contributed by atoms with Crippen molar-refractivity contribution in [1.82, 2.24) is 5.43 Å². The van der Waals surface area contributed by atoms with Crippen LogP contribution in [0, 0.1) is 15.5 Å². The first-order chi connectivity index (χ1) is 10.1. The largest absolute Gasteiger partial charge is 0.299 e. The molecular weight excluding hydrogens is 286 g/mol. The van der Waals surface area contributed by atoms with E-state index in [1.165, 1.54) is 24.3 Å². The maximum absolute atomic E-state index is 11.9. The van der Waals surface area contributed by atoms with Gasteiger partial charge in [0, 0.05) is 35.2 Å². The SMILES string of the molecule is C/C(CC(=O)C(C)(C)C)=N\NC(=O)c1cccc([N+](=O)[O-])c1. The molecule has 0 saturated carbocycles. The third kappa shape index (κ3) is 5.08. The molecule has 1 aromatic carbocycles. The summed E-state index contributed by atoms with van der Waals surface area (Å²) in [5.41, 5.74) is 2.26. The minimum absolute atomic E-state index is 0.0124. The lowest BCUT2D eigenvalue weighted by Gasteiger charge is -2.15. The number of benzene rings is 1. The molecule has 0 heterocycles. The number of hydrogen-bond acceptors (Lipinski definition) is 5. The van der Waals surface area contributed by atoms with Gasteiger partial charge in [0.05, 0.1) is 4.92 Å². The quantitative estimate of drug-likeness (QED) is 0.513. The molecule has 7 nitrogen and oxygen atoms in total. The molecule has 0 unspecified atom stereocenters. The second-order valence-electron chi connectivity index (χ2n) is 5.95. The molecule has 0 fully saturated rings. The zero-order valence-electron chi connectivity index (χ0n) is 13.0. The Labute approximate surface area is 128 Å².